The predicted molar refractivity (Wildman–Crippen MR) is 72.9 cm³/mol. The Morgan fingerprint density at radius 2 is 2.25 bits per heavy atom. The molecular formula is C12H19N7O. The number of nitrogens with zero attached hydrogens (tertiary/aromatic N) is 6. The van der Waals surface area contributed by atoms with Crippen molar-refractivity contribution in [3.63, 3.8) is 0 Å². The first-order chi connectivity index (χ1) is 9.61. The Bertz CT molecular complexity index is 578. The average Bonchev–Trinajstić information content (AvgIpc) is 3.02. The van der Waals surface area contributed by atoms with Crippen LogP contribution >= 0.6 is 0 Å². The van der Waals surface area contributed by atoms with Crippen molar-refractivity contribution in [2.24, 2.45) is 0 Å². The molecule has 0 bridgehead atoms. The highest BCUT2D eigenvalue weighted by Gasteiger charge is 2.27. The Morgan fingerprint density at radius 3 is 3.00 bits per heavy atom. The van der Waals surface area contributed by atoms with Crippen LogP contribution in [0.2, 0.25) is 0 Å². The molecule has 0 spiro atoms. The van der Waals surface area contributed by atoms with Crippen LogP contribution in [0.15, 0.2) is 16.9 Å². The molecule has 2 N–H and O–H groups in total. The number of nitrogen functional groups attached to an aromatic ring is 1. The van der Waals surface area contributed by atoms with Gasteiger partial charge < -0.3 is 15.2 Å². The van der Waals surface area contributed by atoms with E-state index in [-0.39, 0.29) is 6.04 Å². The molecule has 1 unspecified atom stereocenters. The lowest BCUT2D eigenvalue weighted by Gasteiger charge is -2.35. The molecule has 0 aromatic carbocycles. The van der Waals surface area contributed by atoms with Gasteiger partial charge in [-0.1, -0.05) is 5.16 Å². The zero-order valence-corrected chi connectivity index (χ0v) is 11.7. The van der Waals surface area contributed by atoms with Gasteiger partial charge in [-0.05, 0) is 14.1 Å². The number of likely N-dealkylation sites (N-methyl/N-ethyl adjacent to an activating group) is 2. The van der Waals surface area contributed by atoms with Crippen molar-refractivity contribution in [2.45, 2.75) is 12.6 Å². The summed E-state index contributed by atoms with van der Waals surface area (Å²) in [5, 5.41) is 8.21. The van der Waals surface area contributed by atoms with E-state index in [4.69, 9.17) is 10.3 Å². The van der Waals surface area contributed by atoms with Crippen LogP contribution < -0.4 is 5.73 Å². The fraction of sp³-hybridized carbons (Fsp3) is 0.583. The number of nitrogens with two attached hydrogens (primary N) is 1. The van der Waals surface area contributed by atoms with E-state index in [1.54, 1.807) is 17.1 Å². The second-order valence-electron chi connectivity index (χ2n) is 5.28. The van der Waals surface area contributed by atoms with Crippen molar-refractivity contribution in [1.29, 1.82) is 0 Å². The second-order valence-corrected chi connectivity index (χ2v) is 5.28. The van der Waals surface area contributed by atoms with Gasteiger partial charge >= 0.3 is 0 Å². The highest BCUT2D eigenvalue weighted by molar-refractivity contribution is 5.30. The third-order valence-electron chi connectivity index (χ3n) is 3.58. The van der Waals surface area contributed by atoms with Crippen molar-refractivity contribution in [3.8, 4) is 0 Å². The number of hydrogen-bond donors (Lipinski definition) is 1. The van der Waals surface area contributed by atoms with Gasteiger partial charge in [-0.2, -0.15) is 10.1 Å². The number of anilines is 1. The molecule has 3 rings (SSSR count). The minimum absolute atomic E-state index is 0.175. The molecule has 8 heteroatoms. The molecule has 1 aliphatic rings. The van der Waals surface area contributed by atoms with E-state index in [1.165, 1.54) is 0 Å². The minimum atomic E-state index is 0.175. The van der Waals surface area contributed by atoms with Crippen molar-refractivity contribution >= 4 is 5.69 Å². The Morgan fingerprint density at radius 1 is 1.40 bits per heavy atom. The smallest absolute Gasteiger partial charge is 0.248 e. The van der Waals surface area contributed by atoms with Crippen LogP contribution in [-0.4, -0.2) is 63.5 Å². The zero-order valence-electron chi connectivity index (χ0n) is 11.7. The van der Waals surface area contributed by atoms with Crippen molar-refractivity contribution < 1.29 is 4.52 Å². The molecule has 0 amide bonds. The second kappa shape index (κ2) is 5.22. The van der Waals surface area contributed by atoms with Crippen LogP contribution in [0.25, 0.3) is 0 Å². The van der Waals surface area contributed by atoms with E-state index >= 15 is 0 Å². The van der Waals surface area contributed by atoms with Crippen molar-refractivity contribution in [1.82, 2.24) is 29.7 Å². The molecule has 1 saturated heterocycles. The van der Waals surface area contributed by atoms with Crippen LogP contribution in [0.3, 0.4) is 0 Å². The van der Waals surface area contributed by atoms with Gasteiger partial charge in [0.15, 0.2) is 5.82 Å². The molecule has 2 aromatic rings. The summed E-state index contributed by atoms with van der Waals surface area (Å²) in [7, 11) is 4.19. The van der Waals surface area contributed by atoms with E-state index in [0.717, 1.165) is 25.5 Å². The summed E-state index contributed by atoms with van der Waals surface area (Å²) >= 11 is 0. The quantitative estimate of drug-likeness (QED) is 0.832. The lowest BCUT2D eigenvalue weighted by atomic mass is 10.2. The zero-order chi connectivity index (χ0) is 14.1. The van der Waals surface area contributed by atoms with E-state index in [0.29, 0.717) is 18.1 Å². The third kappa shape index (κ3) is 2.66. The largest absolute Gasteiger partial charge is 0.396 e. The van der Waals surface area contributed by atoms with E-state index in [1.807, 2.05) is 0 Å². The number of piperazine rings is 1. The summed E-state index contributed by atoms with van der Waals surface area (Å²) in [5.74, 6) is 1.28. The molecule has 8 nitrogen and oxygen atoms in total. The molecule has 3 heterocycles. The molecule has 108 valence electrons. The van der Waals surface area contributed by atoms with Crippen LogP contribution in [0.5, 0.6) is 0 Å². The van der Waals surface area contributed by atoms with Gasteiger partial charge in [-0.25, -0.2) is 0 Å². The highest BCUT2D eigenvalue weighted by Crippen LogP contribution is 2.20. The first-order valence-corrected chi connectivity index (χ1v) is 6.61. The van der Waals surface area contributed by atoms with Crippen molar-refractivity contribution in [3.05, 3.63) is 24.1 Å². The topological polar surface area (TPSA) is 89.2 Å². The summed E-state index contributed by atoms with van der Waals surface area (Å²) in [5.41, 5.74) is 6.25. The molecule has 1 atom stereocenters. The summed E-state index contributed by atoms with van der Waals surface area (Å²) < 4.78 is 6.99. The maximum atomic E-state index is 5.63. The highest BCUT2D eigenvalue weighted by atomic mass is 16.5. The Labute approximate surface area is 117 Å². The van der Waals surface area contributed by atoms with Gasteiger partial charge in [0.2, 0.25) is 5.89 Å². The van der Waals surface area contributed by atoms with Gasteiger partial charge in [0.25, 0.3) is 0 Å². The Hall–Kier alpha value is -1.93. The molecule has 0 aliphatic carbocycles. The fourth-order valence-electron chi connectivity index (χ4n) is 2.36. The molecular weight excluding hydrogens is 258 g/mol. The Kier molecular flexibility index (Phi) is 3.41. The molecule has 0 radical (unpaired) electrons. The Balaban J connectivity index is 1.72. The first kappa shape index (κ1) is 13.1. The van der Waals surface area contributed by atoms with Gasteiger partial charge in [0.05, 0.1) is 17.9 Å². The summed E-state index contributed by atoms with van der Waals surface area (Å²) in [6.45, 7) is 3.41. The minimum Gasteiger partial charge on any atom is -0.396 e. The maximum Gasteiger partial charge on any atom is 0.248 e. The fourth-order valence-corrected chi connectivity index (χ4v) is 2.36. The summed E-state index contributed by atoms with van der Waals surface area (Å²) in [6, 6.07) is 0.175. The predicted octanol–water partition coefficient (Wildman–Crippen LogP) is -0.185. The SMILES string of the molecule is CN1CCN(C)C(c2noc(Cn3cc(N)cn3)n2)C1. The molecule has 1 aliphatic heterocycles. The van der Waals surface area contributed by atoms with Crippen LogP contribution in [0.1, 0.15) is 17.8 Å². The normalized spacial score (nSPS) is 21.4. The number of aromatic nitrogens is 4. The standard InChI is InChI=1S/C12H19N7O/c1-17-3-4-18(2)10(7-17)12-15-11(20-16-12)8-19-6-9(13)5-14-19/h5-6,10H,3-4,7-8,13H2,1-2H3. The maximum absolute atomic E-state index is 5.63. The summed E-state index contributed by atoms with van der Waals surface area (Å²) in [6.07, 6.45) is 3.34. The van der Waals surface area contributed by atoms with Gasteiger partial charge in [-0.3, -0.25) is 9.58 Å². The lowest BCUT2D eigenvalue weighted by molar-refractivity contribution is 0.108. The number of hydrogen-bond acceptors (Lipinski definition) is 7. The molecule has 0 saturated carbocycles. The molecule has 2 aromatic heterocycles. The first-order valence-electron chi connectivity index (χ1n) is 6.61. The van der Waals surface area contributed by atoms with Crippen LogP contribution in [0.4, 0.5) is 5.69 Å². The molecule has 1 fully saturated rings. The number of rotatable bonds is 3. The monoisotopic (exact) mass is 277 g/mol. The lowest BCUT2D eigenvalue weighted by Crippen LogP contribution is -2.45. The van der Waals surface area contributed by atoms with E-state index in [9.17, 15) is 0 Å². The average molecular weight is 277 g/mol. The van der Waals surface area contributed by atoms with Crippen LogP contribution in [-0.2, 0) is 6.54 Å². The van der Waals surface area contributed by atoms with E-state index < -0.39 is 0 Å². The van der Waals surface area contributed by atoms with Crippen molar-refractivity contribution in [2.75, 3.05) is 39.5 Å². The van der Waals surface area contributed by atoms with Gasteiger partial charge in [-0.15, -0.1) is 0 Å². The van der Waals surface area contributed by atoms with Gasteiger partial charge in [0, 0.05) is 25.8 Å². The molecule has 20 heavy (non-hydrogen) atoms. The summed E-state index contributed by atoms with van der Waals surface area (Å²) in [4.78, 5) is 9.00. The van der Waals surface area contributed by atoms with Gasteiger partial charge in [0.1, 0.15) is 6.54 Å². The van der Waals surface area contributed by atoms with Crippen LogP contribution in [0, 0.1) is 0 Å². The third-order valence-corrected chi connectivity index (χ3v) is 3.58. The van der Waals surface area contributed by atoms with E-state index in [2.05, 4.69) is 39.1 Å².